The molecule has 15 rings (SSSR count). The van der Waals surface area contributed by atoms with Gasteiger partial charge >= 0.3 is 0 Å². The lowest BCUT2D eigenvalue weighted by Crippen LogP contribution is -2.52. The van der Waals surface area contributed by atoms with E-state index < -0.39 is 26.6 Å². The van der Waals surface area contributed by atoms with Crippen molar-refractivity contribution in [2.75, 3.05) is 47.4 Å². The minimum Gasteiger partial charge on any atom is -0.387 e. The monoisotopic (exact) mass is 1340 g/mol. The van der Waals surface area contributed by atoms with Crippen molar-refractivity contribution in [2.45, 2.75) is 235 Å². The summed E-state index contributed by atoms with van der Waals surface area (Å²) in [5.41, 5.74) is 3.75. The number of aromatic nitrogens is 6. The van der Waals surface area contributed by atoms with Gasteiger partial charge < -0.3 is 29.5 Å². The number of fused-ring (bicyclic) bond motifs is 15. The number of hydrogen-bond acceptors (Lipinski definition) is 12. The van der Waals surface area contributed by atoms with Crippen LogP contribution in [-0.2, 0) is 43.7 Å². The van der Waals surface area contributed by atoms with E-state index >= 15 is 0 Å². The van der Waals surface area contributed by atoms with E-state index in [2.05, 4.69) is 68.1 Å². The summed E-state index contributed by atoms with van der Waals surface area (Å²) in [6.45, 7) is 24.9. The number of rotatable bonds is 16. The molecule has 12 aliphatic rings. The minimum absolute atomic E-state index is 0.276. The van der Waals surface area contributed by atoms with E-state index in [1.807, 2.05) is 27.8 Å². The van der Waals surface area contributed by atoms with Crippen LogP contribution in [0.2, 0.25) is 0 Å². The van der Waals surface area contributed by atoms with Crippen molar-refractivity contribution < 1.29 is 37.9 Å². The van der Waals surface area contributed by atoms with Crippen molar-refractivity contribution in [3.63, 3.8) is 0 Å². The van der Waals surface area contributed by atoms with Crippen LogP contribution < -0.4 is 0 Å². The van der Waals surface area contributed by atoms with Gasteiger partial charge in [-0.25, -0.2) is 8.42 Å². The highest BCUT2D eigenvalue weighted by Crippen LogP contribution is 2.69. The maximum atomic E-state index is 11.8. The Bertz CT molecular complexity index is 3390. The fraction of sp³-hybridized carbons (Fsp3) is 0.800. The molecule has 12 saturated carbocycles. The highest BCUT2D eigenvalue weighted by Gasteiger charge is 2.62. The van der Waals surface area contributed by atoms with Gasteiger partial charge in [-0.15, -0.1) is 0 Å². The lowest BCUT2D eigenvalue weighted by atomic mass is 9.48. The van der Waals surface area contributed by atoms with E-state index in [1.54, 1.807) is 38.4 Å². The highest BCUT2D eigenvalue weighted by atomic mass is 32.2. The van der Waals surface area contributed by atoms with Crippen molar-refractivity contribution in [1.29, 1.82) is 5.26 Å². The first-order valence-corrected chi connectivity index (χ1v) is 40.0. The summed E-state index contributed by atoms with van der Waals surface area (Å²) in [5.74, 6) is 13.6. The largest absolute Gasteiger partial charge is 0.387 e. The van der Waals surface area contributed by atoms with Gasteiger partial charge in [-0.2, -0.15) is 20.6 Å². The summed E-state index contributed by atoms with van der Waals surface area (Å²) in [5, 5.41) is 55.1. The number of nitrogens with zero attached hydrogens (tertiary/aromatic N) is 7. The molecule has 0 radical (unpaired) electrons. The average molecular weight is 1340 g/mol. The molecule has 16 heteroatoms. The van der Waals surface area contributed by atoms with Crippen molar-refractivity contribution in [1.82, 2.24) is 29.3 Å². The van der Waals surface area contributed by atoms with E-state index in [4.69, 9.17) is 19.5 Å². The third kappa shape index (κ3) is 13.5. The first kappa shape index (κ1) is 70.5. The molecule has 12 fully saturated rings. The molecular formula is C80H121N7O8S. The van der Waals surface area contributed by atoms with Gasteiger partial charge in [0, 0.05) is 52.4 Å². The molecule has 15 nitrogen and oxygen atoms in total. The Morgan fingerprint density at radius 2 is 0.865 bits per heavy atom. The van der Waals surface area contributed by atoms with Gasteiger partial charge in [-0.1, -0.05) is 57.2 Å². The normalized spacial score (nSPS) is 43.4. The fourth-order valence-corrected chi connectivity index (χ4v) is 27.1. The number of allylic oxidation sites excluding steroid dienone is 3. The van der Waals surface area contributed by atoms with Gasteiger partial charge in [0.1, 0.15) is 11.0 Å². The number of hydrogen-bond donors (Lipinski definition) is 3. The van der Waals surface area contributed by atoms with E-state index in [9.17, 15) is 23.7 Å². The van der Waals surface area contributed by atoms with Crippen LogP contribution >= 0.6 is 0 Å². The van der Waals surface area contributed by atoms with E-state index in [-0.39, 0.29) is 10.3 Å². The standard InChI is InChI=1S/C27H39N3O2.C27H42N2O4S.C26H40N2O2/c1-18(15-30-16-19(13-28)14-29-30)24-6-7-25-23-5-4-20-12-27(31,17-32-3)11-9-21(20)22(23)8-10-26(24,25)2;1-18(15-29-16-20(14-28-29)34(4,31)32)24-7-8-25-23-6-5-19-13-27(30,17-33-3)12-10-21(19)22(23)9-11-26(24,25)2;1-18(16-28-14-4-13-27-28)23-7-8-24-22-6-5-19-15-26(29,17-30-3)12-10-20(19)21(22)9-11-25(23,24)2/h14,16,20-25,31H,1,4-12,15,17H2,2-3H3;14,16,19,21-25,30H,1,5-13,15,17H2,2-4H3;4,13-14,19-24,29H,1,5-12,15-17H2,2-3H3/t20-,21-,22+,23+,24+,25-,26+,27+;19-,21-,22+,23+,24+,25-,26+,27+;19-,20-,21+,22+,23+,24-,25+,26+/m000/s1. The minimum atomic E-state index is -3.24. The van der Waals surface area contributed by atoms with Crippen molar-refractivity contribution >= 4 is 9.84 Å². The lowest BCUT2D eigenvalue weighted by molar-refractivity contribution is -0.123. The molecule has 0 aromatic carbocycles. The summed E-state index contributed by atoms with van der Waals surface area (Å²) in [6, 6.07) is 4.18. The van der Waals surface area contributed by atoms with Gasteiger partial charge in [-0.3, -0.25) is 14.0 Å². The second-order valence-corrected chi connectivity index (χ2v) is 37.4. The Labute approximate surface area is 576 Å². The smallest absolute Gasteiger partial charge is 0.178 e. The predicted molar refractivity (Wildman–Crippen MR) is 374 cm³/mol. The first-order chi connectivity index (χ1) is 45.8. The van der Waals surface area contributed by atoms with Crippen LogP contribution in [0.5, 0.6) is 0 Å². The van der Waals surface area contributed by atoms with Crippen LogP contribution in [0.15, 0.2) is 84.6 Å². The molecule has 3 aromatic heterocycles. The zero-order valence-electron chi connectivity index (χ0n) is 59.8. The Kier molecular flexibility index (Phi) is 20.4. The summed E-state index contributed by atoms with van der Waals surface area (Å²) < 4.78 is 45.4. The Morgan fingerprint density at radius 3 is 1.20 bits per heavy atom. The van der Waals surface area contributed by atoms with Crippen LogP contribution in [0, 0.1) is 134 Å². The Balaban J connectivity index is 0.000000130. The number of aliphatic hydroxyl groups is 3. The van der Waals surface area contributed by atoms with Crippen LogP contribution in [0.25, 0.3) is 0 Å². The topological polar surface area (TPSA) is 200 Å². The van der Waals surface area contributed by atoms with Crippen LogP contribution in [0.4, 0.5) is 0 Å². The van der Waals surface area contributed by atoms with Gasteiger partial charge in [0.05, 0.1) is 74.2 Å². The van der Waals surface area contributed by atoms with Gasteiger partial charge in [0.2, 0.25) is 0 Å². The van der Waals surface area contributed by atoms with Crippen molar-refractivity contribution in [3.05, 3.63) is 85.3 Å². The molecule has 96 heavy (non-hydrogen) atoms. The van der Waals surface area contributed by atoms with E-state index in [0.717, 1.165) is 129 Å². The molecule has 530 valence electrons. The van der Waals surface area contributed by atoms with Crippen LogP contribution in [0.3, 0.4) is 0 Å². The quantitative estimate of drug-likeness (QED) is 0.115. The molecule has 3 N–H and O–H groups in total. The van der Waals surface area contributed by atoms with E-state index in [0.29, 0.717) is 78.3 Å². The molecule has 0 aliphatic heterocycles. The predicted octanol–water partition coefficient (Wildman–Crippen LogP) is 14.5. The second-order valence-electron chi connectivity index (χ2n) is 35.4. The van der Waals surface area contributed by atoms with Gasteiger partial charge in [0.15, 0.2) is 9.84 Å². The fourth-order valence-electron chi connectivity index (χ4n) is 26.6. The molecule has 0 amide bonds. The SMILES string of the molecule is C=C(Cn1cc(C#N)cn1)[C@H]1CC[C@H]2[C@@H]3CC[C@H]4C[C@@](O)(COC)CC[C@@H]4[C@H]3CC[C@]12C.C=C(Cn1cc(S(C)(=O)=O)cn1)[C@H]1CC[C@H]2[C@@H]3CC[C@H]4C[C@@](O)(COC)CC[C@@H]4[C@H]3CC[C@]12C.C=C(Cn1cccn1)[C@H]1CC[C@H]2[C@@H]3CC[C@H]4C[C@@](O)(COC)CC[C@@H]4[C@H]3CC[C@]12C. The van der Waals surface area contributed by atoms with Crippen LogP contribution in [-0.4, -0.2) is 117 Å². The lowest BCUT2D eigenvalue weighted by Gasteiger charge is -2.57. The van der Waals surface area contributed by atoms with Gasteiger partial charge in [0.25, 0.3) is 0 Å². The molecule has 0 bridgehead atoms. The van der Waals surface area contributed by atoms with Crippen LogP contribution in [0.1, 0.15) is 200 Å². The van der Waals surface area contributed by atoms with E-state index in [1.165, 1.54) is 158 Å². The number of nitriles is 1. The molecule has 0 saturated heterocycles. The first-order valence-electron chi connectivity index (χ1n) is 38.1. The molecule has 12 aliphatic carbocycles. The maximum Gasteiger partial charge on any atom is 0.178 e. The third-order valence-electron chi connectivity index (χ3n) is 30.5. The summed E-state index contributed by atoms with van der Waals surface area (Å²) in [7, 11) is 1.89. The molecule has 3 heterocycles. The number of ether oxygens (including phenoxy) is 3. The van der Waals surface area contributed by atoms with Crippen molar-refractivity contribution in [2.24, 2.45) is 123 Å². The molecule has 0 spiro atoms. The second kappa shape index (κ2) is 27.8. The van der Waals surface area contributed by atoms with Gasteiger partial charge in [-0.05, 0) is 302 Å². The molecule has 3 aromatic rings. The van der Waals surface area contributed by atoms with Crippen molar-refractivity contribution in [3.8, 4) is 6.07 Å². The Morgan fingerprint density at radius 1 is 0.500 bits per heavy atom. The molecule has 24 atom stereocenters. The number of sulfone groups is 1. The average Bonchev–Trinajstić information content (AvgIpc) is 1.44. The Hall–Kier alpha value is -3.95. The summed E-state index contributed by atoms with van der Waals surface area (Å²) in [4.78, 5) is 0.276. The summed E-state index contributed by atoms with van der Waals surface area (Å²) >= 11 is 0. The highest BCUT2D eigenvalue weighted by molar-refractivity contribution is 7.90. The molecular weight excluding hydrogens is 1220 g/mol. The third-order valence-corrected chi connectivity index (χ3v) is 31.6. The zero-order valence-corrected chi connectivity index (χ0v) is 60.6. The summed E-state index contributed by atoms with van der Waals surface area (Å²) in [6.07, 6.45) is 44.3. The molecule has 0 unspecified atom stereocenters. The maximum absolute atomic E-state index is 11.8. The zero-order chi connectivity index (χ0) is 67.7. The number of methoxy groups -OCH3 is 3.